The van der Waals surface area contributed by atoms with E-state index in [1.54, 1.807) is 0 Å². The van der Waals surface area contributed by atoms with E-state index in [2.05, 4.69) is 0 Å². The fourth-order valence-electron chi connectivity index (χ4n) is 4.24. The summed E-state index contributed by atoms with van der Waals surface area (Å²) in [6.07, 6.45) is -23.2. The van der Waals surface area contributed by atoms with Gasteiger partial charge >= 0.3 is 29.6 Å². The van der Waals surface area contributed by atoms with E-state index in [0.717, 1.165) is 0 Å². The molecule has 0 spiro atoms. The summed E-state index contributed by atoms with van der Waals surface area (Å²) in [5.74, 6) is -1.87. The average Bonchev–Trinajstić information content (AvgIpc) is 2.83. The van der Waals surface area contributed by atoms with Crippen LogP contribution >= 0.6 is 0 Å². The van der Waals surface area contributed by atoms with Crippen molar-refractivity contribution in [2.24, 2.45) is 0 Å². The van der Waals surface area contributed by atoms with Crippen molar-refractivity contribution in [3.63, 3.8) is 0 Å². The third-order valence-corrected chi connectivity index (χ3v) is 6.44. The van der Waals surface area contributed by atoms with Crippen LogP contribution in [-0.4, -0.2) is 140 Å². The number of carboxylic acid groups (broad SMARTS) is 1. The van der Waals surface area contributed by atoms with Crippen molar-refractivity contribution in [1.82, 2.24) is 0 Å². The number of aliphatic carboxylic acids is 1. The van der Waals surface area contributed by atoms with E-state index in [0.29, 0.717) is 6.42 Å². The fraction of sp³-hybridized carbons (Fsp3) is 0.952. The molecular formula is C21H35NaO15. The smallest absolute Gasteiger partial charge is 0.547 e. The molecule has 3 aliphatic rings. The molecule has 0 aromatic carbocycles. The third kappa shape index (κ3) is 7.18. The Hall–Kier alpha value is -0.0500. The average molecular weight is 550 g/mol. The van der Waals surface area contributed by atoms with Crippen molar-refractivity contribution in [2.45, 2.75) is 119 Å². The number of ether oxygens (including phenoxy) is 6. The van der Waals surface area contributed by atoms with Crippen LogP contribution in [0.2, 0.25) is 0 Å². The minimum atomic E-state index is -2.06. The maximum absolute atomic E-state index is 11.4. The Balaban J connectivity index is 0.00000481. The number of rotatable bonds is 8. The number of aliphatic hydroxyl groups excluding tert-OH is 7. The molecule has 15 nitrogen and oxygen atoms in total. The van der Waals surface area contributed by atoms with Gasteiger partial charge in [-0.25, -0.2) is 0 Å². The van der Waals surface area contributed by atoms with Crippen LogP contribution in [0.3, 0.4) is 0 Å². The molecule has 15 atom stereocenters. The summed E-state index contributed by atoms with van der Waals surface area (Å²) in [4.78, 5) is 11.4. The van der Waals surface area contributed by atoms with Gasteiger partial charge in [-0.1, -0.05) is 6.92 Å². The molecule has 0 saturated carbocycles. The molecule has 3 fully saturated rings. The maximum Gasteiger partial charge on any atom is 1.00 e. The van der Waals surface area contributed by atoms with E-state index in [1.165, 1.54) is 13.8 Å². The first kappa shape index (κ1) is 33.2. The molecule has 3 heterocycles. The van der Waals surface area contributed by atoms with Crippen molar-refractivity contribution < 1.29 is 104 Å². The number of carboxylic acids is 1. The van der Waals surface area contributed by atoms with Crippen LogP contribution in [0.5, 0.6) is 0 Å². The van der Waals surface area contributed by atoms with Crippen molar-refractivity contribution >= 4 is 5.97 Å². The van der Waals surface area contributed by atoms with Gasteiger partial charge in [-0.15, -0.1) is 0 Å². The zero-order valence-electron chi connectivity index (χ0n) is 21.0. The minimum absolute atomic E-state index is 0. The molecule has 3 saturated heterocycles. The first-order valence-corrected chi connectivity index (χ1v) is 11.7. The SMILES string of the molecule is CCCO[C@@H]1O[C@@H](C)[C@@H](O)[C@@H](O[C@@H]2O[C@@H](C)[C@@H](O)[C@@H](O)[C@@H]2O)[C@@H]1O[C@H]1O[C@H](C(=O)[O-])[C@@H](O)[C@H](O)[C@H]1O.[Na+]. The summed E-state index contributed by atoms with van der Waals surface area (Å²) in [6.45, 7) is 4.89. The molecular weight excluding hydrogens is 515 g/mol. The Morgan fingerprint density at radius 2 is 1.19 bits per heavy atom. The minimum Gasteiger partial charge on any atom is -0.547 e. The predicted molar refractivity (Wildman–Crippen MR) is 110 cm³/mol. The molecule has 0 aliphatic carbocycles. The number of hydrogen-bond acceptors (Lipinski definition) is 15. The number of hydrogen-bond donors (Lipinski definition) is 7. The van der Waals surface area contributed by atoms with Crippen LogP contribution in [0.15, 0.2) is 0 Å². The van der Waals surface area contributed by atoms with Crippen LogP contribution in [-0.2, 0) is 33.2 Å². The third-order valence-electron chi connectivity index (χ3n) is 6.44. The summed E-state index contributed by atoms with van der Waals surface area (Å²) in [5, 5.41) is 83.1. The van der Waals surface area contributed by atoms with Gasteiger partial charge in [0.15, 0.2) is 18.9 Å². The first-order chi connectivity index (χ1) is 16.9. The van der Waals surface area contributed by atoms with E-state index in [4.69, 9.17) is 28.4 Å². The van der Waals surface area contributed by atoms with Gasteiger partial charge < -0.3 is 74.1 Å². The second-order valence-electron chi connectivity index (χ2n) is 9.17. The van der Waals surface area contributed by atoms with Crippen LogP contribution in [0.1, 0.15) is 27.2 Å². The molecule has 0 amide bonds. The second kappa shape index (κ2) is 14.0. The van der Waals surface area contributed by atoms with E-state index >= 15 is 0 Å². The molecule has 16 heteroatoms. The van der Waals surface area contributed by atoms with Gasteiger partial charge in [0.25, 0.3) is 0 Å². The first-order valence-electron chi connectivity index (χ1n) is 11.7. The van der Waals surface area contributed by atoms with Crippen LogP contribution in [0, 0.1) is 0 Å². The summed E-state index contributed by atoms with van der Waals surface area (Å²) in [7, 11) is 0. The molecule has 3 aliphatic heterocycles. The molecule has 3 rings (SSSR count). The molecule has 210 valence electrons. The number of carbonyl (C=O) groups is 1. The van der Waals surface area contributed by atoms with E-state index in [1.807, 2.05) is 6.92 Å². The molecule has 37 heavy (non-hydrogen) atoms. The topological polar surface area (TPSA) is 237 Å². The summed E-state index contributed by atoms with van der Waals surface area (Å²) < 4.78 is 33.4. The largest absolute Gasteiger partial charge is 1.00 e. The van der Waals surface area contributed by atoms with E-state index in [-0.39, 0.29) is 36.2 Å². The van der Waals surface area contributed by atoms with E-state index in [9.17, 15) is 45.6 Å². The van der Waals surface area contributed by atoms with Gasteiger partial charge in [0.1, 0.15) is 61.0 Å². The zero-order chi connectivity index (χ0) is 26.9. The van der Waals surface area contributed by atoms with Gasteiger partial charge in [0.2, 0.25) is 0 Å². The summed E-state index contributed by atoms with van der Waals surface area (Å²) >= 11 is 0. The van der Waals surface area contributed by atoms with Crippen molar-refractivity contribution in [2.75, 3.05) is 6.61 Å². The number of carbonyl (C=O) groups excluding carboxylic acids is 1. The summed E-state index contributed by atoms with van der Waals surface area (Å²) in [5.41, 5.74) is 0. The zero-order valence-corrected chi connectivity index (χ0v) is 23.0. The second-order valence-corrected chi connectivity index (χ2v) is 9.17. The molecule has 0 radical (unpaired) electrons. The van der Waals surface area contributed by atoms with E-state index < -0.39 is 98.1 Å². The Kier molecular flexibility index (Phi) is 12.6. The van der Waals surface area contributed by atoms with Crippen molar-refractivity contribution in [3.8, 4) is 0 Å². The standard InChI is InChI=1S/C21H36O15.Na/c1-4-5-31-21-17(36-20-14(28)11(25)12(26)16(35-20)18(29)30)15(9(23)7(3)33-21)34-19-13(27)10(24)8(22)6(2)32-19;/h6-17,19-28H,4-5H2,1-3H3,(H,29,30);/q;+1/p-1/t6-,7-,8+,9+,10+,11-,12-,13-,14+,15+,16-,17-,19-,20+,21+;/m0./s1. The normalized spacial score (nSPS) is 48.8. The van der Waals surface area contributed by atoms with Crippen LogP contribution in [0.4, 0.5) is 0 Å². The molecule has 0 aromatic rings. The molecule has 0 aromatic heterocycles. The van der Waals surface area contributed by atoms with Gasteiger partial charge in [0.05, 0.1) is 18.2 Å². The van der Waals surface area contributed by atoms with Gasteiger partial charge in [-0.05, 0) is 20.3 Å². The molecule has 7 N–H and O–H groups in total. The fourth-order valence-corrected chi connectivity index (χ4v) is 4.24. The molecule has 0 bridgehead atoms. The Morgan fingerprint density at radius 3 is 1.76 bits per heavy atom. The van der Waals surface area contributed by atoms with Gasteiger partial charge in [0, 0.05) is 6.61 Å². The van der Waals surface area contributed by atoms with Gasteiger partial charge in [-0.2, -0.15) is 0 Å². The Bertz CT molecular complexity index is 732. The van der Waals surface area contributed by atoms with Crippen LogP contribution < -0.4 is 34.7 Å². The predicted octanol–water partition coefficient (Wildman–Crippen LogP) is -8.32. The Morgan fingerprint density at radius 1 is 0.703 bits per heavy atom. The Labute approximate surface area is 235 Å². The molecule has 0 unspecified atom stereocenters. The monoisotopic (exact) mass is 550 g/mol. The van der Waals surface area contributed by atoms with Crippen LogP contribution in [0.25, 0.3) is 0 Å². The maximum atomic E-state index is 11.4. The van der Waals surface area contributed by atoms with Crippen molar-refractivity contribution in [3.05, 3.63) is 0 Å². The summed E-state index contributed by atoms with van der Waals surface area (Å²) in [6, 6.07) is 0. The quantitative estimate of drug-likeness (QED) is 0.139. The van der Waals surface area contributed by atoms with Gasteiger partial charge in [-0.3, -0.25) is 0 Å². The van der Waals surface area contributed by atoms with Crippen molar-refractivity contribution in [1.29, 1.82) is 0 Å². The number of aliphatic hydroxyl groups is 7.